The molecule has 0 aliphatic heterocycles. The van der Waals surface area contributed by atoms with E-state index in [1.165, 1.54) is 0 Å². The highest BCUT2D eigenvalue weighted by molar-refractivity contribution is 6.17. The van der Waals surface area contributed by atoms with Gasteiger partial charge in [-0.2, -0.15) is 0 Å². The topological polar surface area (TPSA) is 22.1 Å². The first-order valence-electron chi connectivity index (χ1n) is 5.28. The van der Waals surface area contributed by atoms with Gasteiger partial charge in [-0.3, -0.25) is 0 Å². The molecule has 0 aliphatic carbocycles. The molecule has 0 aromatic carbocycles. The Morgan fingerprint density at radius 3 is 2.67 bits per heavy atom. The summed E-state index contributed by atoms with van der Waals surface area (Å²) in [5.41, 5.74) is 2.01. The maximum Gasteiger partial charge on any atom is 0.213 e. The molecule has 1 aromatic rings. The third kappa shape index (κ3) is 4.08. The Bertz CT molecular complexity index is 312. The fraction of sp³-hybridized carbons (Fsp3) is 0.583. The van der Waals surface area contributed by atoms with Gasteiger partial charge < -0.3 is 4.74 Å². The number of ether oxygens (including phenoxy) is 1. The average molecular weight is 228 g/mol. The molecule has 0 spiro atoms. The average Bonchev–Trinajstić information content (AvgIpc) is 2.17. The Morgan fingerprint density at radius 2 is 2.13 bits per heavy atom. The van der Waals surface area contributed by atoms with Gasteiger partial charge in [0.1, 0.15) is 0 Å². The van der Waals surface area contributed by atoms with Crippen molar-refractivity contribution in [3.8, 4) is 5.88 Å². The normalized spacial score (nSPS) is 10.7. The van der Waals surface area contributed by atoms with E-state index in [1.807, 2.05) is 19.1 Å². The fourth-order valence-corrected chi connectivity index (χ4v) is 1.47. The highest BCUT2D eigenvalue weighted by Gasteiger charge is 2.02. The zero-order valence-corrected chi connectivity index (χ0v) is 10.3. The predicted molar refractivity (Wildman–Crippen MR) is 63.5 cm³/mol. The van der Waals surface area contributed by atoms with Gasteiger partial charge in [0.15, 0.2) is 0 Å². The van der Waals surface area contributed by atoms with Crippen LogP contribution >= 0.6 is 11.6 Å². The SMILES string of the molecule is Cc1nc(OCCC(C)C)ccc1CCl. The van der Waals surface area contributed by atoms with Crippen LogP contribution in [-0.4, -0.2) is 11.6 Å². The second kappa shape index (κ2) is 5.96. The molecule has 0 amide bonds. The van der Waals surface area contributed by atoms with Gasteiger partial charge in [0.2, 0.25) is 5.88 Å². The van der Waals surface area contributed by atoms with Gasteiger partial charge in [-0.1, -0.05) is 19.9 Å². The second-order valence-corrected chi connectivity index (χ2v) is 4.33. The smallest absolute Gasteiger partial charge is 0.213 e. The quantitative estimate of drug-likeness (QED) is 0.718. The van der Waals surface area contributed by atoms with Gasteiger partial charge in [-0.15, -0.1) is 11.6 Å². The molecule has 1 rings (SSSR count). The first-order valence-corrected chi connectivity index (χ1v) is 5.82. The molecular weight excluding hydrogens is 210 g/mol. The molecule has 0 bridgehead atoms. The molecule has 1 aromatic heterocycles. The summed E-state index contributed by atoms with van der Waals surface area (Å²) in [5.74, 6) is 1.86. The van der Waals surface area contributed by atoms with Crippen molar-refractivity contribution in [2.75, 3.05) is 6.61 Å². The van der Waals surface area contributed by atoms with Gasteiger partial charge in [-0.05, 0) is 24.8 Å². The zero-order valence-electron chi connectivity index (χ0n) is 9.59. The van der Waals surface area contributed by atoms with E-state index in [9.17, 15) is 0 Å². The Kier molecular flexibility index (Phi) is 4.89. The number of alkyl halides is 1. The van der Waals surface area contributed by atoms with Crippen molar-refractivity contribution in [3.05, 3.63) is 23.4 Å². The maximum atomic E-state index is 5.75. The lowest BCUT2D eigenvalue weighted by molar-refractivity contribution is 0.279. The van der Waals surface area contributed by atoms with E-state index < -0.39 is 0 Å². The van der Waals surface area contributed by atoms with Crippen LogP contribution in [-0.2, 0) is 5.88 Å². The minimum atomic E-state index is 0.505. The number of pyridine rings is 1. The highest BCUT2D eigenvalue weighted by Crippen LogP contribution is 2.14. The van der Waals surface area contributed by atoms with Crippen molar-refractivity contribution in [1.29, 1.82) is 0 Å². The van der Waals surface area contributed by atoms with Crippen LogP contribution in [0.15, 0.2) is 12.1 Å². The Labute approximate surface area is 96.6 Å². The van der Waals surface area contributed by atoms with E-state index in [2.05, 4.69) is 18.8 Å². The summed E-state index contributed by atoms with van der Waals surface area (Å²) in [6.45, 7) is 7.04. The van der Waals surface area contributed by atoms with Crippen LogP contribution < -0.4 is 4.74 Å². The third-order valence-corrected chi connectivity index (χ3v) is 2.55. The number of rotatable bonds is 5. The van der Waals surface area contributed by atoms with Crippen molar-refractivity contribution >= 4 is 11.6 Å². The van der Waals surface area contributed by atoms with Crippen molar-refractivity contribution in [1.82, 2.24) is 4.98 Å². The summed E-state index contributed by atoms with van der Waals surface area (Å²) >= 11 is 5.75. The van der Waals surface area contributed by atoms with Crippen molar-refractivity contribution in [2.45, 2.75) is 33.1 Å². The molecule has 0 fully saturated rings. The molecule has 0 saturated carbocycles. The minimum absolute atomic E-state index is 0.505. The van der Waals surface area contributed by atoms with Crippen LogP contribution in [0.3, 0.4) is 0 Å². The Morgan fingerprint density at radius 1 is 1.40 bits per heavy atom. The lowest BCUT2D eigenvalue weighted by Crippen LogP contribution is -2.03. The Hall–Kier alpha value is -0.760. The van der Waals surface area contributed by atoms with Gasteiger partial charge >= 0.3 is 0 Å². The summed E-state index contributed by atoms with van der Waals surface area (Å²) in [6, 6.07) is 3.85. The number of halogens is 1. The van der Waals surface area contributed by atoms with Gasteiger partial charge in [-0.25, -0.2) is 4.98 Å². The lowest BCUT2D eigenvalue weighted by atomic mass is 10.1. The van der Waals surface area contributed by atoms with E-state index in [0.29, 0.717) is 17.7 Å². The summed E-state index contributed by atoms with van der Waals surface area (Å²) in [6.07, 6.45) is 1.05. The molecule has 0 saturated heterocycles. The fourth-order valence-electron chi connectivity index (χ4n) is 1.19. The van der Waals surface area contributed by atoms with E-state index in [4.69, 9.17) is 16.3 Å². The number of aryl methyl sites for hydroxylation is 1. The van der Waals surface area contributed by atoms with Crippen LogP contribution in [0.2, 0.25) is 0 Å². The second-order valence-electron chi connectivity index (χ2n) is 4.06. The summed E-state index contributed by atoms with van der Waals surface area (Å²) in [4.78, 5) is 4.33. The molecule has 1 heterocycles. The maximum absolute atomic E-state index is 5.75. The zero-order chi connectivity index (χ0) is 11.3. The van der Waals surface area contributed by atoms with Crippen LogP contribution in [0.1, 0.15) is 31.5 Å². The first-order chi connectivity index (χ1) is 7.13. The predicted octanol–water partition coefficient (Wildman–Crippen LogP) is 3.55. The van der Waals surface area contributed by atoms with Gasteiger partial charge in [0.25, 0.3) is 0 Å². The number of hydrogen-bond donors (Lipinski definition) is 0. The first kappa shape index (κ1) is 12.3. The number of nitrogens with zero attached hydrogens (tertiary/aromatic N) is 1. The standard InChI is InChI=1S/C12H18ClNO/c1-9(2)6-7-15-12-5-4-11(8-13)10(3)14-12/h4-5,9H,6-8H2,1-3H3. The molecule has 0 atom stereocenters. The molecule has 0 unspecified atom stereocenters. The van der Waals surface area contributed by atoms with E-state index in [0.717, 1.165) is 24.3 Å². The van der Waals surface area contributed by atoms with Crippen LogP contribution in [0.4, 0.5) is 0 Å². The van der Waals surface area contributed by atoms with Crippen molar-refractivity contribution < 1.29 is 4.74 Å². The van der Waals surface area contributed by atoms with Gasteiger partial charge in [0.05, 0.1) is 6.61 Å². The summed E-state index contributed by atoms with van der Waals surface area (Å²) in [7, 11) is 0. The van der Waals surface area contributed by atoms with Crippen LogP contribution in [0, 0.1) is 12.8 Å². The molecule has 0 aliphatic rings. The largest absolute Gasteiger partial charge is 0.478 e. The van der Waals surface area contributed by atoms with Crippen molar-refractivity contribution in [3.63, 3.8) is 0 Å². The highest BCUT2D eigenvalue weighted by atomic mass is 35.5. The molecular formula is C12H18ClNO. The van der Waals surface area contributed by atoms with Crippen LogP contribution in [0.5, 0.6) is 5.88 Å². The summed E-state index contributed by atoms with van der Waals surface area (Å²) in [5, 5.41) is 0. The Balaban J connectivity index is 2.52. The molecule has 2 nitrogen and oxygen atoms in total. The van der Waals surface area contributed by atoms with Crippen LogP contribution in [0.25, 0.3) is 0 Å². The summed E-state index contributed by atoms with van der Waals surface area (Å²) < 4.78 is 5.54. The molecule has 15 heavy (non-hydrogen) atoms. The minimum Gasteiger partial charge on any atom is -0.478 e. The van der Waals surface area contributed by atoms with E-state index >= 15 is 0 Å². The third-order valence-electron chi connectivity index (χ3n) is 2.26. The van der Waals surface area contributed by atoms with Crippen molar-refractivity contribution in [2.24, 2.45) is 5.92 Å². The lowest BCUT2D eigenvalue weighted by Gasteiger charge is -2.08. The molecule has 0 radical (unpaired) electrons. The molecule has 0 N–H and O–H groups in total. The van der Waals surface area contributed by atoms with E-state index in [-0.39, 0.29) is 0 Å². The van der Waals surface area contributed by atoms with Gasteiger partial charge in [0, 0.05) is 17.6 Å². The number of hydrogen-bond acceptors (Lipinski definition) is 2. The number of aromatic nitrogens is 1. The van der Waals surface area contributed by atoms with E-state index in [1.54, 1.807) is 0 Å². The monoisotopic (exact) mass is 227 g/mol. The molecule has 3 heteroatoms. The molecule has 84 valence electrons.